The van der Waals surface area contributed by atoms with Gasteiger partial charge in [0.2, 0.25) is 0 Å². The number of nitrogens with zero attached hydrogens (tertiary/aromatic N) is 4. The van der Waals surface area contributed by atoms with Crippen LogP contribution in [0.1, 0.15) is 39.7 Å². The molecule has 9 heteroatoms. The molecule has 2 heterocycles. The Morgan fingerprint density at radius 2 is 1.96 bits per heavy atom. The molecular weight excluding hydrogens is 366 g/mol. The van der Waals surface area contributed by atoms with Crippen LogP contribution >= 0.6 is 11.5 Å². The van der Waals surface area contributed by atoms with Crippen molar-refractivity contribution in [2.24, 2.45) is 7.05 Å². The molecule has 0 bridgehead atoms. The van der Waals surface area contributed by atoms with E-state index in [1.54, 1.807) is 26.5 Å². The lowest BCUT2D eigenvalue weighted by molar-refractivity contribution is 0.0944. The summed E-state index contributed by atoms with van der Waals surface area (Å²) in [7, 11) is 5.05. The van der Waals surface area contributed by atoms with E-state index < -0.39 is 6.04 Å². The molecule has 0 saturated carbocycles. The molecule has 3 aromatic rings. The van der Waals surface area contributed by atoms with Gasteiger partial charge in [-0.15, -0.1) is 5.10 Å². The maximum Gasteiger partial charge on any atom is 0.265 e. The second-order valence-electron chi connectivity index (χ2n) is 5.85. The number of methoxy groups -OCH3 is 2. The summed E-state index contributed by atoms with van der Waals surface area (Å²) in [6, 6.07) is 5.00. The average molecular weight is 387 g/mol. The van der Waals surface area contributed by atoms with Gasteiger partial charge in [0.15, 0.2) is 0 Å². The van der Waals surface area contributed by atoms with E-state index in [1.165, 1.54) is 0 Å². The lowest BCUT2D eigenvalue weighted by Crippen LogP contribution is -2.31. The van der Waals surface area contributed by atoms with Gasteiger partial charge >= 0.3 is 0 Å². The molecule has 1 N–H and O–H groups in total. The summed E-state index contributed by atoms with van der Waals surface area (Å²) in [5.74, 6) is 1.71. The Kier molecular flexibility index (Phi) is 5.70. The summed E-state index contributed by atoms with van der Waals surface area (Å²) in [6.07, 6.45) is 4.16. The molecule has 1 amide bonds. The van der Waals surface area contributed by atoms with E-state index in [0.717, 1.165) is 17.1 Å². The molecule has 1 aromatic carbocycles. The smallest absolute Gasteiger partial charge is 0.265 e. The predicted molar refractivity (Wildman–Crippen MR) is 101 cm³/mol. The number of imidazole rings is 1. The van der Waals surface area contributed by atoms with E-state index in [2.05, 4.69) is 19.9 Å². The first kappa shape index (κ1) is 18.8. The summed E-state index contributed by atoms with van der Waals surface area (Å²) in [5.41, 5.74) is 1.48. The molecule has 0 radical (unpaired) electrons. The van der Waals surface area contributed by atoms with Gasteiger partial charge in [-0.2, -0.15) is 0 Å². The summed E-state index contributed by atoms with van der Waals surface area (Å²) in [5, 5.41) is 7.07. The number of aromatic nitrogens is 4. The molecule has 2 aromatic heterocycles. The molecule has 27 heavy (non-hydrogen) atoms. The van der Waals surface area contributed by atoms with Gasteiger partial charge in [-0.1, -0.05) is 11.4 Å². The second kappa shape index (κ2) is 8.17. The molecule has 3 rings (SSSR count). The van der Waals surface area contributed by atoms with Gasteiger partial charge in [-0.05, 0) is 35.6 Å². The number of ether oxygens (including phenoxy) is 2. The molecule has 0 aliphatic rings. The number of hydrogen-bond acceptors (Lipinski definition) is 7. The molecule has 0 aliphatic heterocycles. The minimum atomic E-state index is -0.492. The molecule has 0 saturated heterocycles. The Hall–Kier alpha value is -2.94. The molecule has 0 aliphatic carbocycles. The van der Waals surface area contributed by atoms with Crippen molar-refractivity contribution in [2.75, 3.05) is 14.2 Å². The van der Waals surface area contributed by atoms with Gasteiger partial charge in [-0.3, -0.25) is 4.79 Å². The maximum atomic E-state index is 12.9. The van der Waals surface area contributed by atoms with Crippen molar-refractivity contribution in [3.8, 4) is 11.5 Å². The number of benzene rings is 1. The Morgan fingerprint density at radius 3 is 2.52 bits per heavy atom. The van der Waals surface area contributed by atoms with E-state index in [-0.39, 0.29) is 5.91 Å². The van der Waals surface area contributed by atoms with Crippen LogP contribution in [0.5, 0.6) is 11.5 Å². The number of aryl methyl sites for hydroxylation is 2. The first-order valence-corrected chi connectivity index (χ1v) is 9.17. The number of rotatable bonds is 7. The van der Waals surface area contributed by atoms with Crippen LogP contribution in [0.3, 0.4) is 0 Å². The molecule has 1 atom stereocenters. The van der Waals surface area contributed by atoms with Crippen molar-refractivity contribution < 1.29 is 14.3 Å². The zero-order chi connectivity index (χ0) is 19.4. The number of hydrogen-bond donors (Lipinski definition) is 1. The van der Waals surface area contributed by atoms with Crippen molar-refractivity contribution in [1.29, 1.82) is 0 Å². The lowest BCUT2D eigenvalue weighted by atomic mass is 10.0. The van der Waals surface area contributed by atoms with Crippen molar-refractivity contribution in [3.63, 3.8) is 0 Å². The van der Waals surface area contributed by atoms with Gasteiger partial charge in [0.1, 0.15) is 28.2 Å². The Balaban J connectivity index is 2.03. The van der Waals surface area contributed by atoms with Crippen molar-refractivity contribution >= 4 is 17.4 Å². The van der Waals surface area contributed by atoms with Gasteiger partial charge in [0, 0.05) is 25.5 Å². The quantitative estimate of drug-likeness (QED) is 0.669. The maximum absolute atomic E-state index is 12.9. The van der Waals surface area contributed by atoms with Crippen LogP contribution in [0.4, 0.5) is 0 Å². The number of carbonyl (C=O) groups is 1. The summed E-state index contributed by atoms with van der Waals surface area (Å²) >= 11 is 1.09. The van der Waals surface area contributed by atoms with Gasteiger partial charge in [0.25, 0.3) is 5.91 Å². The monoisotopic (exact) mass is 387 g/mol. The van der Waals surface area contributed by atoms with Gasteiger partial charge in [-0.25, -0.2) is 4.98 Å². The largest absolute Gasteiger partial charge is 0.497 e. The van der Waals surface area contributed by atoms with Crippen LogP contribution in [0.15, 0.2) is 30.6 Å². The fraction of sp³-hybridized carbons (Fsp3) is 0.333. The van der Waals surface area contributed by atoms with Crippen LogP contribution in [0.2, 0.25) is 0 Å². The highest BCUT2D eigenvalue weighted by atomic mass is 32.1. The van der Waals surface area contributed by atoms with Crippen LogP contribution < -0.4 is 14.8 Å². The Labute approximate surface area is 161 Å². The number of carbonyl (C=O) groups excluding carboxylic acids is 1. The number of amides is 1. The van der Waals surface area contributed by atoms with Gasteiger partial charge in [0.05, 0.1) is 19.9 Å². The zero-order valence-corrected chi connectivity index (χ0v) is 16.4. The third kappa shape index (κ3) is 3.92. The topological polar surface area (TPSA) is 91.2 Å². The fourth-order valence-corrected chi connectivity index (χ4v) is 3.41. The molecule has 142 valence electrons. The third-order valence-corrected chi connectivity index (χ3v) is 4.96. The van der Waals surface area contributed by atoms with E-state index >= 15 is 0 Å². The van der Waals surface area contributed by atoms with Crippen molar-refractivity contribution in [3.05, 3.63) is 52.6 Å². The normalized spacial score (nSPS) is 11.9. The highest BCUT2D eigenvalue weighted by Crippen LogP contribution is 2.30. The van der Waals surface area contributed by atoms with E-state index in [1.807, 2.05) is 36.9 Å². The van der Waals surface area contributed by atoms with Crippen LogP contribution in [-0.2, 0) is 13.5 Å². The van der Waals surface area contributed by atoms with Crippen LogP contribution in [0, 0.1) is 0 Å². The summed E-state index contributed by atoms with van der Waals surface area (Å²) < 4.78 is 16.5. The first-order chi connectivity index (χ1) is 13.1. The average Bonchev–Trinajstić information content (AvgIpc) is 3.34. The fourth-order valence-electron chi connectivity index (χ4n) is 2.76. The van der Waals surface area contributed by atoms with Crippen molar-refractivity contribution in [2.45, 2.75) is 19.4 Å². The van der Waals surface area contributed by atoms with Crippen molar-refractivity contribution in [1.82, 2.24) is 24.5 Å². The van der Waals surface area contributed by atoms with E-state index in [9.17, 15) is 4.79 Å². The Morgan fingerprint density at radius 1 is 1.26 bits per heavy atom. The third-order valence-electron chi connectivity index (χ3n) is 4.20. The highest BCUT2D eigenvalue weighted by Gasteiger charge is 2.25. The minimum Gasteiger partial charge on any atom is -0.497 e. The SMILES string of the molecule is CCc1nnsc1C(=O)NC(c1cc(OC)cc(OC)c1)c1nccn1C. The first-order valence-electron chi connectivity index (χ1n) is 8.39. The number of nitrogens with one attached hydrogen (secondary N) is 1. The van der Waals surface area contributed by atoms with E-state index in [0.29, 0.717) is 34.3 Å². The highest BCUT2D eigenvalue weighted by molar-refractivity contribution is 7.08. The van der Waals surface area contributed by atoms with E-state index in [4.69, 9.17) is 9.47 Å². The van der Waals surface area contributed by atoms with Crippen LogP contribution in [0.25, 0.3) is 0 Å². The summed E-state index contributed by atoms with van der Waals surface area (Å²) in [6.45, 7) is 1.94. The molecule has 8 nitrogen and oxygen atoms in total. The van der Waals surface area contributed by atoms with Gasteiger partial charge < -0.3 is 19.4 Å². The molecule has 0 spiro atoms. The Bertz CT molecular complexity index is 914. The second-order valence-corrected chi connectivity index (χ2v) is 6.61. The molecule has 1 unspecified atom stereocenters. The zero-order valence-electron chi connectivity index (χ0n) is 15.6. The van der Waals surface area contributed by atoms with Crippen LogP contribution in [-0.4, -0.2) is 39.3 Å². The molecule has 0 fully saturated rings. The summed E-state index contributed by atoms with van der Waals surface area (Å²) in [4.78, 5) is 17.8. The predicted octanol–water partition coefficient (Wildman–Crippen LogP) is 2.37. The molecular formula is C18H21N5O3S. The minimum absolute atomic E-state index is 0.239. The lowest BCUT2D eigenvalue weighted by Gasteiger charge is -2.20. The standard InChI is InChI=1S/C18H21N5O3S/c1-5-14-16(27-22-21-14)18(24)20-15(17-19-6-7-23(17)2)11-8-12(25-3)10-13(9-11)26-4/h6-10,15H,5H2,1-4H3,(H,20,24).